The van der Waals surface area contributed by atoms with Crippen molar-refractivity contribution in [2.45, 2.75) is 42.9 Å². The van der Waals surface area contributed by atoms with E-state index >= 15 is 0 Å². The summed E-state index contributed by atoms with van der Waals surface area (Å²) in [5.41, 5.74) is 2.33. The highest BCUT2D eigenvalue weighted by molar-refractivity contribution is 8.00. The third kappa shape index (κ3) is 3.41. The standard InChI is InChI=1S/C19H20ClNOS/c1-3-18(23-16-10-8-15(20)9-11-16)19(22)21-13(2)12-14-6-4-5-7-17(14)21/h4-11,13,18H,3,12H2,1-2H3/t13-,18-/m0/s1. The lowest BCUT2D eigenvalue weighted by atomic mass is 10.1. The van der Waals surface area contributed by atoms with Crippen molar-refractivity contribution in [3.63, 3.8) is 0 Å². The molecule has 1 aliphatic rings. The molecule has 2 aromatic rings. The van der Waals surface area contributed by atoms with E-state index in [0.29, 0.717) is 0 Å². The third-order valence-electron chi connectivity index (χ3n) is 4.18. The number of amides is 1. The van der Waals surface area contributed by atoms with Gasteiger partial charge in [0.15, 0.2) is 0 Å². The van der Waals surface area contributed by atoms with Crippen molar-refractivity contribution in [1.29, 1.82) is 0 Å². The van der Waals surface area contributed by atoms with Crippen molar-refractivity contribution < 1.29 is 4.79 Å². The van der Waals surface area contributed by atoms with Gasteiger partial charge in [0.25, 0.3) is 0 Å². The van der Waals surface area contributed by atoms with Crippen LogP contribution in [0.4, 0.5) is 5.69 Å². The Bertz CT molecular complexity index is 701. The lowest BCUT2D eigenvalue weighted by molar-refractivity contribution is -0.118. The van der Waals surface area contributed by atoms with Gasteiger partial charge in [-0.1, -0.05) is 36.7 Å². The molecule has 0 radical (unpaired) electrons. The number of benzene rings is 2. The van der Waals surface area contributed by atoms with Crippen LogP contribution in [0.1, 0.15) is 25.8 Å². The van der Waals surface area contributed by atoms with Gasteiger partial charge in [-0.2, -0.15) is 0 Å². The molecular formula is C19H20ClNOS. The first-order valence-corrected chi connectivity index (χ1v) is 9.19. The lowest BCUT2D eigenvalue weighted by Crippen LogP contribution is -2.41. The van der Waals surface area contributed by atoms with Gasteiger partial charge in [-0.05, 0) is 55.7 Å². The molecule has 120 valence electrons. The Labute approximate surface area is 146 Å². The summed E-state index contributed by atoms with van der Waals surface area (Å²) in [6.45, 7) is 4.19. The predicted octanol–water partition coefficient (Wildman–Crippen LogP) is 5.19. The second kappa shape index (κ2) is 6.98. The van der Waals surface area contributed by atoms with Gasteiger partial charge in [0.2, 0.25) is 5.91 Å². The maximum atomic E-state index is 13.1. The SMILES string of the molecule is CC[C@H](Sc1ccc(Cl)cc1)C(=O)N1c2ccccc2C[C@@H]1C. The first kappa shape index (κ1) is 16.4. The molecule has 2 nitrogen and oxygen atoms in total. The molecule has 2 aromatic carbocycles. The number of fused-ring (bicyclic) bond motifs is 1. The van der Waals surface area contributed by atoms with Gasteiger partial charge in [-0.25, -0.2) is 0 Å². The smallest absolute Gasteiger partial charge is 0.240 e. The van der Waals surface area contributed by atoms with Crippen LogP contribution in [0.25, 0.3) is 0 Å². The molecule has 1 aliphatic heterocycles. The van der Waals surface area contributed by atoms with Crippen LogP contribution < -0.4 is 4.90 Å². The summed E-state index contributed by atoms with van der Waals surface area (Å²) in [5.74, 6) is 0.199. The lowest BCUT2D eigenvalue weighted by Gasteiger charge is -2.27. The molecule has 3 rings (SSSR count). The zero-order valence-electron chi connectivity index (χ0n) is 13.3. The predicted molar refractivity (Wildman–Crippen MR) is 98.5 cm³/mol. The number of anilines is 1. The van der Waals surface area contributed by atoms with E-state index in [4.69, 9.17) is 11.6 Å². The molecule has 0 aliphatic carbocycles. The second-order valence-electron chi connectivity index (χ2n) is 5.86. The fourth-order valence-corrected chi connectivity index (χ4v) is 4.17. The molecular weight excluding hydrogens is 326 g/mol. The number of nitrogens with zero attached hydrogens (tertiary/aromatic N) is 1. The largest absolute Gasteiger partial charge is 0.308 e. The Kier molecular flexibility index (Phi) is 4.98. The van der Waals surface area contributed by atoms with Crippen LogP contribution in [0.3, 0.4) is 0 Å². The highest BCUT2D eigenvalue weighted by atomic mass is 35.5. The minimum Gasteiger partial charge on any atom is -0.308 e. The number of halogens is 1. The zero-order chi connectivity index (χ0) is 16.4. The van der Waals surface area contributed by atoms with Gasteiger partial charge in [0.05, 0.1) is 5.25 Å². The quantitative estimate of drug-likeness (QED) is 0.711. The molecule has 0 aromatic heterocycles. The Hall–Kier alpha value is -1.45. The van der Waals surface area contributed by atoms with E-state index in [1.54, 1.807) is 11.8 Å². The maximum absolute atomic E-state index is 13.1. The maximum Gasteiger partial charge on any atom is 0.240 e. The van der Waals surface area contributed by atoms with E-state index in [0.717, 1.165) is 28.4 Å². The van der Waals surface area contributed by atoms with Gasteiger partial charge in [-0.3, -0.25) is 4.79 Å². The highest BCUT2D eigenvalue weighted by Crippen LogP contribution is 2.35. The zero-order valence-corrected chi connectivity index (χ0v) is 14.9. The molecule has 0 saturated carbocycles. The van der Waals surface area contributed by atoms with Gasteiger partial charge in [0, 0.05) is 21.6 Å². The fourth-order valence-electron chi connectivity index (χ4n) is 3.04. The van der Waals surface area contributed by atoms with Gasteiger partial charge in [-0.15, -0.1) is 11.8 Å². The topological polar surface area (TPSA) is 20.3 Å². The van der Waals surface area contributed by atoms with Gasteiger partial charge < -0.3 is 4.90 Å². The first-order valence-electron chi connectivity index (χ1n) is 7.93. The number of para-hydroxylation sites is 1. The molecule has 4 heteroatoms. The van der Waals surface area contributed by atoms with E-state index in [2.05, 4.69) is 26.0 Å². The molecule has 0 spiro atoms. The molecule has 0 unspecified atom stereocenters. The number of carbonyl (C=O) groups excluding carboxylic acids is 1. The van der Waals surface area contributed by atoms with E-state index in [1.165, 1.54) is 5.56 Å². The summed E-state index contributed by atoms with van der Waals surface area (Å²) >= 11 is 7.56. The minimum absolute atomic E-state index is 0.0789. The number of carbonyl (C=O) groups is 1. The molecule has 1 heterocycles. The summed E-state index contributed by atoms with van der Waals surface area (Å²) in [7, 11) is 0. The minimum atomic E-state index is -0.0789. The van der Waals surface area contributed by atoms with Crippen molar-refractivity contribution in [2.24, 2.45) is 0 Å². The van der Waals surface area contributed by atoms with Gasteiger partial charge in [0.1, 0.15) is 0 Å². The van der Waals surface area contributed by atoms with Crippen molar-refractivity contribution in [1.82, 2.24) is 0 Å². The molecule has 23 heavy (non-hydrogen) atoms. The Morgan fingerprint density at radius 3 is 2.65 bits per heavy atom. The molecule has 0 N–H and O–H groups in total. The number of thioether (sulfide) groups is 1. The first-order chi connectivity index (χ1) is 11.1. The van der Waals surface area contributed by atoms with Crippen LogP contribution >= 0.6 is 23.4 Å². The number of hydrogen-bond acceptors (Lipinski definition) is 2. The summed E-state index contributed by atoms with van der Waals surface area (Å²) in [5, 5.41) is 0.639. The van der Waals surface area contributed by atoms with Crippen LogP contribution in [0, 0.1) is 0 Å². The van der Waals surface area contributed by atoms with E-state index in [9.17, 15) is 4.79 Å². The van der Waals surface area contributed by atoms with Crippen molar-refractivity contribution in [3.05, 3.63) is 59.1 Å². The van der Waals surface area contributed by atoms with Crippen LogP contribution in [-0.4, -0.2) is 17.2 Å². The average molecular weight is 346 g/mol. The second-order valence-corrected chi connectivity index (χ2v) is 7.57. The van der Waals surface area contributed by atoms with Crippen LogP contribution in [0.5, 0.6) is 0 Å². The van der Waals surface area contributed by atoms with Gasteiger partial charge >= 0.3 is 0 Å². The fraction of sp³-hybridized carbons (Fsp3) is 0.316. The van der Waals surface area contributed by atoms with Crippen LogP contribution in [0.15, 0.2) is 53.4 Å². The number of rotatable bonds is 4. The molecule has 2 atom stereocenters. The van der Waals surface area contributed by atoms with E-state index < -0.39 is 0 Å². The molecule has 1 amide bonds. The Balaban J connectivity index is 1.81. The molecule has 0 saturated heterocycles. The molecule has 0 bridgehead atoms. The Morgan fingerprint density at radius 2 is 1.96 bits per heavy atom. The highest BCUT2D eigenvalue weighted by Gasteiger charge is 2.34. The summed E-state index contributed by atoms with van der Waals surface area (Å²) < 4.78 is 0. The number of hydrogen-bond donors (Lipinski definition) is 0. The monoisotopic (exact) mass is 345 g/mol. The normalized spacial score (nSPS) is 17.9. The summed E-state index contributed by atoms with van der Waals surface area (Å²) in [6.07, 6.45) is 1.74. The van der Waals surface area contributed by atoms with Crippen molar-refractivity contribution in [2.75, 3.05) is 4.90 Å². The van der Waals surface area contributed by atoms with Crippen LogP contribution in [-0.2, 0) is 11.2 Å². The summed E-state index contributed by atoms with van der Waals surface area (Å²) in [4.78, 5) is 16.2. The third-order valence-corrected chi connectivity index (χ3v) is 5.80. The van der Waals surface area contributed by atoms with E-state index in [1.807, 2.05) is 41.3 Å². The molecule has 0 fully saturated rings. The van der Waals surface area contributed by atoms with E-state index in [-0.39, 0.29) is 17.2 Å². The van der Waals surface area contributed by atoms with Crippen LogP contribution in [0.2, 0.25) is 5.02 Å². The Morgan fingerprint density at radius 1 is 1.26 bits per heavy atom. The van der Waals surface area contributed by atoms with Crippen molar-refractivity contribution >= 4 is 35.0 Å². The van der Waals surface area contributed by atoms with Crippen molar-refractivity contribution in [3.8, 4) is 0 Å². The average Bonchev–Trinajstić information content (AvgIpc) is 2.89. The summed E-state index contributed by atoms with van der Waals surface area (Å²) in [6, 6.07) is 16.1.